The van der Waals surface area contributed by atoms with E-state index in [2.05, 4.69) is 41.5 Å². The van der Waals surface area contributed by atoms with E-state index < -0.39 is 0 Å². The molecular formula is C26H36ClLiO5P+. The van der Waals surface area contributed by atoms with Crippen LogP contribution in [0.3, 0.4) is 0 Å². The van der Waals surface area contributed by atoms with E-state index >= 15 is 0 Å². The number of hydrogen-bond donors (Lipinski definition) is 0. The van der Waals surface area contributed by atoms with Crippen LogP contribution in [0.15, 0.2) is 30.3 Å². The fraction of sp³-hybridized carbons (Fsp3) is 0.500. The molecule has 0 bridgehead atoms. The zero-order valence-corrected chi connectivity index (χ0v) is 23.4. The Morgan fingerprint density at radius 1 is 0.853 bits per heavy atom. The minimum atomic E-state index is -0.259. The van der Waals surface area contributed by atoms with Crippen molar-refractivity contribution < 1.29 is 42.6 Å². The summed E-state index contributed by atoms with van der Waals surface area (Å²) >= 11 is 6.37. The van der Waals surface area contributed by atoms with Crippen LogP contribution in [0.2, 0.25) is 5.02 Å². The molecule has 5 nitrogen and oxygen atoms in total. The van der Waals surface area contributed by atoms with Gasteiger partial charge in [-0.05, 0) is 38.5 Å². The molecule has 0 fully saturated rings. The number of hydrogen-bond acceptors (Lipinski definition) is 5. The van der Waals surface area contributed by atoms with E-state index in [1.807, 2.05) is 12.1 Å². The molecule has 2 aromatic rings. The molecule has 2 aromatic carbocycles. The largest absolute Gasteiger partial charge is 1.00 e. The van der Waals surface area contributed by atoms with Crippen LogP contribution in [0, 0.1) is 17.8 Å². The van der Waals surface area contributed by atoms with E-state index in [0.717, 1.165) is 0 Å². The van der Waals surface area contributed by atoms with Crippen molar-refractivity contribution >= 4 is 31.0 Å². The Hall–Kier alpha value is -1.37. The molecule has 1 unspecified atom stereocenters. The van der Waals surface area contributed by atoms with E-state index in [9.17, 15) is 4.79 Å². The zero-order chi connectivity index (χ0) is 24.5. The van der Waals surface area contributed by atoms with Crippen LogP contribution >= 0.6 is 20.2 Å². The third-order valence-corrected chi connectivity index (χ3v) is 5.96. The van der Waals surface area contributed by atoms with Gasteiger partial charge in [0.1, 0.15) is 23.0 Å². The molecule has 0 N–H and O–H groups in total. The average molecular weight is 502 g/mol. The van der Waals surface area contributed by atoms with Crippen molar-refractivity contribution in [3.8, 4) is 23.0 Å². The monoisotopic (exact) mass is 501 g/mol. The molecule has 0 spiro atoms. The molecule has 1 atom stereocenters. The number of benzene rings is 2. The van der Waals surface area contributed by atoms with Gasteiger partial charge in [-0.3, -0.25) is 4.79 Å². The van der Waals surface area contributed by atoms with Gasteiger partial charge in [0, 0.05) is 12.1 Å². The SMILES string of the molecule is COc1cccc(Cl)c1C(=O)Pc1c(OCC(C)C)cc(OCC(C)C)cc1OCC(C)C.[Li+]. The molecule has 2 rings (SSSR count). The summed E-state index contributed by atoms with van der Waals surface area (Å²) in [6, 6.07) is 8.89. The van der Waals surface area contributed by atoms with Gasteiger partial charge in [0.15, 0.2) is 5.52 Å². The summed E-state index contributed by atoms with van der Waals surface area (Å²) in [4.78, 5) is 13.4. The Kier molecular flexibility index (Phi) is 13.4. The molecule has 8 heteroatoms. The fourth-order valence-electron chi connectivity index (χ4n) is 2.85. The van der Waals surface area contributed by atoms with Crippen molar-refractivity contribution in [3.63, 3.8) is 0 Å². The fourth-order valence-corrected chi connectivity index (χ4v) is 4.32. The molecule has 0 aliphatic heterocycles. The van der Waals surface area contributed by atoms with Crippen molar-refractivity contribution in [1.29, 1.82) is 0 Å². The van der Waals surface area contributed by atoms with Crippen LogP contribution in [-0.4, -0.2) is 32.5 Å². The van der Waals surface area contributed by atoms with E-state index in [1.54, 1.807) is 18.2 Å². The van der Waals surface area contributed by atoms with Gasteiger partial charge < -0.3 is 18.9 Å². The molecule has 0 heterocycles. The summed E-state index contributed by atoms with van der Waals surface area (Å²) < 4.78 is 23.7. The van der Waals surface area contributed by atoms with Gasteiger partial charge in [0.25, 0.3) is 0 Å². The predicted molar refractivity (Wildman–Crippen MR) is 138 cm³/mol. The standard InChI is InChI=1S/C26H36ClO5P.Li/c1-16(2)13-30-19-11-22(31-14-17(3)4)25(23(12-19)32-15-18(5)6)33-26(28)24-20(27)9-8-10-21(24)29-7;/h8-12,16-18,33H,13-15H2,1-7H3;/q;+1. The maximum absolute atomic E-state index is 13.4. The first-order valence-electron chi connectivity index (χ1n) is 11.3. The number of methoxy groups -OCH3 is 1. The van der Waals surface area contributed by atoms with Crippen LogP contribution in [-0.2, 0) is 0 Å². The summed E-state index contributed by atoms with van der Waals surface area (Å²) in [7, 11) is 1.27. The van der Waals surface area contributed by atoms with Crippen molar-refractivity contribution in [2.45, 2.75) is 41.5 Å². The van der Waals surface area contributed by atoms with Crippen LogP contribution in [0.1, 0.15) is 51.9 Å². The average Bonchev–Trinajstić information content (AvgIpc) is 2.75. The number of rotatable bonds is 13. The first kappa shape index (κ1) is 30.7. The first-order chi connectivity index (χ1) is 15.6. The Morgan fingerprint density at radius 3 is 1.82 bits per heavy atom. The van der Waals surface area contributed by atoms with Gasteiger partial charge in [-0.15, -0.1) is 0 Å². The zero-order valence-electron chi connectivity index (χ0n) is 21.7. The number of carbonyl (C=O) groups excluding carboxylic acids is 1. The second kappa shape index (κ2) is 14.9. The van der Waals surface area contributed by atoms with Gasteiger partial charge in [0.05, 0.1) is 42.8 Å². The summed E-state index contributed by atoms with van der Waals surface area (Å²) in [5, 5.41) is 1.07. The molecule has 0 radical (unpaired) electrons. The topological polar surface area (TPSA) is 54.0 Å². The summed E-state index contributed by atoms with van der Waals surface area (Å²) in [6.45, 7) is 14.1. The summed E-state index contributed by atoms with van der Waals surface area (Å²) in [5.41, 5.74) is 0.224. The summed E-state index contributed by atoms with van der Waals surface area (Å²) in [6.07, 6.45) is 0. The predicted octanol–water partition coefficient (Wildman–Crippen LogP) is 3.60. The third-order valence-electron chi connectivity index (χ3n) is 4.43. The number of carbonyl (C=O) groups is 1. The van der Waals surface area contributed by atoms with Crippen LogP contribution in [0.5, 0.6) is 23.0 Å². The maximum Gasteiger partial charge on any atom is 1.00 e. The Labute approximate surface area is 223 Å². The maximum atomic E-state index is 13.4. The van der Waals surface area contributed by atoms with Gasteiger partial charge in [-0.2, -0.15) is 0 Å². The van der Waals surface area contributed by atoms with Gasteiger partial charge >= 0.3 is 18.9 Å². The van der Waals surface area contributed by atoms with Gasteiger partial charge in [-0.25, -0.2) is 0 Å². The molecule has 0 saturated carbocycles. The molecule has 0 saturated heterocycles. The van der Waals surface area contributed by atoms with Crippen LogP contribution in [0.25, 0.3) is 0 Å². The molecule has 0 aromatic heterocycles. The smallest absolute Gasteiger partial charge is 0.496 e. The van der Waals surface area contributed by atoms with Crippen molar-refractivity contribution in [1.82, 2.24) is 0 Å². The van der Waals surface area contributed by atoms with Gasteiger partial charge in [-0.1, -0.05) is 59.2 Å². The first-order valence-corrected chi connectivity index (χ1v) is 12.7. The molecule has 0 amide bonds. The Bertz CT molecular complexity index is 900. The molecule has 0 aliphatic carbocycles. The number of halogens is 1. The number of ether oxygens (including phenoxy) is 4. The van der Waals surface area contributed by atoms with E-state index in [4.69, 9.17) is 30.5 Å². The van der Waals surface area contributed by atoms with E-state index in [1.165, 1.54) is 7.11 Å². The van der Waals surface area contributed by atoms with Crippen molar-refractivity contribution in [3.05, 3.63) is 40.9 Å². The minimum Gasteiger partial charge on any atom is -0.496 e. The van der Waals surface area contributed by atoms with Crippen LogP contribution in [0.4, 0.5) is 0 Å². The Balaban J connectivity index is 0.00000578. The van der Waals surface area contributed by atoms with E-state index in [-0.39, 0.29) is 33.0 Å². The third kappa shape index (κ3) is 9.35. The second-order valence-electron chi connectivity index (χ2n) is 9.18. The summed E-state index contributed by atoms with van der Waals surface area (Å²) in [5.74, 6) is 3.33. The van der Waals surface area contributed by atoms with Crippen LogP contribution < -0.4 is 43.1 Å². The van der Waals surface area contributed by atoms with Gasteiger partial charge in [0.2, 0.25) is 0 Å². The molecule has 0 aliphatic rings. The van der Waals surface area contributed by atoms with Crippen molar-refractivity contribution in [2.75, 3.05) is 26.9 Å². The quantitative estimate of drug-likeness (QED) is 0.310. The normalized spacial score (nSPS) is 11.3. The molecular weight excluding hydrogens is 466 g/mol. The van der Waals surface area contributed by atoms with E-state index in [0.29, 0.717) is 76.5 Å². The second-order valence-corrected chi connectivity index (χ2v) is 10.8. The minimum absolute atomic E-state index is 0. The Morgan fingerprint density at radius 2 is 1.35 bits per heavy atom. The molecule has 34 heavy (non-hydrogen) atoms. The van der Waals surface area contributed by atoms with Crippen molar-refractivity contribution in [2.24, 2.45) is 17.8 Å². The molecule has 182 valence electrons.